The van der Waals surface area contributed by atoms with E-state index in [0.717, 1.165) is 18.5 Å². The summed E-state index contributed by atoms with van der Waals surface area (Å²) in [5.41, 5.74) is 1.33. The van der Waals surface area contributed by atoms with Crippen molar-refractivity contribution in [2.24, 2.45) is 0 Å². The molecule has 2 heterocycles. The van der Waals surface area contributed by atoms with Crippen LogP contribution < -0.4 is 10.3 Å². The summed E-state index contributed by atoms with van der Waals surface area (Å²) in [6.45, 7) is 1.41. The van der Waals surface area contributed by atoms with Gasteiger partial charge in [0.25, 0.3) is 5.91 Å². The fourth-order valence-electron chi connectivity index (χ4n) is 3.83. The Labute approximate surface area is 178 Å². The minimum atomic E-state index is -0.551. The number of nitrogens with zero attached hydrogens (tertiary/aromatic N) is 1. The lowest BCUT2D eigenvalue weighted by Crippen LogP contribution is -3.05. The van der Waals surface area contributed by atoms with Crippen LogP contribution in [-0.2, 0) is 0 Å². The number of para-hydroxylation sites is 1. The van der Waals surface area contributed by atoms with Crippen LogP contribution in [0.25, 0.3) is 11.0 Å². The molecule has 150 valence electrons. The number of fused-ring (bicyclic) bond motifs is 2. The molecular weight excluding hydrogens is 411 g/mol. The van der Waals surface area contributed by atoms with Crippen molar-refractivity contribution in [2.75, 3.05) is 27.2 Å². The first-order valence-electron chi connectivity index (χ1n) is 9.49. The van der Waals surface area contributed by atoms with Crippen molar-refractivity contribution in [3.63, 3.8) is 0 Å². The zero-order valence-corrected chi connectivity index (χ0v) is 17.7. The molecule has 4 rings (SSSR count). The number of nitrogens with one attached hydrogen (secondary N) is 1. The Balaban J connectivity index is 1.88. The summed E-state index contributed by atoms with van der Waals surface area (Å²) in [7, 11) is 4.13. The van der Waals surface area contributed by atoms with E-state index >= 15 is 0 Å². The van der Waals surface area contributed by atoms with E-state index in [-0.39, 0.29) is 17.1 Å². The number of hydrogen-bond donors (Lipinski definition) is 1. The van der Waals surface area contributed by atoms with E-state index in [4.69, 9.17) is 27.6 Å². The van der Waals surface area contributed by atoms with E-state index in [0.29, 0.717) is 33.1 Å². The highest BCUT2D eigenvalue weighted by Gasteiger charge is 2.42. The van der Waals surface area contributed by atoms with E-state index in [9.17, 15) is 9.59 Å². The fourth-order valence-corrected chi connectivity index (χ4v) is 4.14. The maximum atomic E-state index is 13.3. The van der Waals surface area contributed by atoms with Gasteiger partial charge in [-0.2, -0.15) is 0 Å². The van der Waals surface area contributed by atoms with Gasteiger partial charge in [-0.15, -0.1) is 0 Å². The van der Waals surface area contributed by atoms with Crippen molar-refractivity contribution in [1.29, 1.82) is 0 Å². The molecule has 0 radical (unpaired) electrons. The molecule has 0 aliphatic carbocycles. The first-order chi connectivity index (χ1) is 13.9. The molecular formula is C22H21Cl2N2O3+. The number of hydrogen-bond acceptors (Lipinski definition) is 3. The maximum Gasteiger partial charge on any atom is 0.290 e. The van der Waals surface area contributed by atoms with Gasteiger partial charge in [0, 0.05) is 13.0 Å². The van der Waals surface area contributed by atoms with E-state index < -0.39 is 6.04 Å². The monoisotopic (exact) mass is 431 g/mol. The van der Waals surface area contributed by atoms with Crippen molar-refractivity contribution < 1.29 is 14.1 Å². The van der Waals surface area contributed by atoms with Crippen LogP contribution in [0.3, 0.4) is 0 Å². The molecule has 1 aromatic heterocycles. The Morgan fingerprint density at radius 2 is 1.83 bits per heavy atom. The summed E-state index contributed by atoms with van der Waals surface area (Å²) >= 11 is 12.3. The topological polar surface area (TPSA) is 55.0 Å². The lowest BCUT2D eigenvalue weighted by Gasteiger charge is -2.25. The predicted molar refractivity (Wildman–Crippen MR) is 114 cm³/mol. The van der Waals surface area contributed by atoms with Gasteiger partial charge in [0.15, 0.2) is 5.43 Å². The molecule has 2 aromatic carbocycles. The van der Waals surface area contributed by atoms with Gasteiger partial charge >= 0.3 is 0 Å². The summed E-state index contributed by atoms with van der Waals surface area (Å²) in [5.74, 6) is -0.158. The molecule has 1 aliphatic rings. The van der Waals surface area contributed by atoms with Crippen LogP contribution in [0.4, 0.5) is 0 Å². The third kappa shape index (κ3) is 3.54. The molecule has 1 atom stereocenters. The summed E-state index contributed by atoms with van der Waals surface area (Å²) in [6.07, 6.45) is 0.799. The summed E-state index contributed by atoms with van der Waals surface area (Å²) in [4.78, 5) is 29.6. The molecule has 0 saturated carbocycles. The van der Waals surface area contributed by atoms with Crippen molar-refractivity contribution in [3.8, 4) is 0 Å². The highest BCUT2D eigenvalue weighted by molar-refractivity contribution is 6.42. The van der Waals surface area contributed by atoms with Crippen LogP contribution in [0.1, 0.15) is 34.1 Å². The smallest absolute Gasteiger partial charge is 0.290 e. The van der Waals surface area contributed by atoms with Crippen LogP contribution in [0.15, 0.2) is 51.7 Å². The third-order valence-electron chi connectivity index (χ3n) is 5.21. The van der Waals surface area contributed by atoms with Crippen molar-refractivity contribution in [1.82, 2.24) is 4.90 Å². The molecule has 1 aliphatic heterocycles. The normalized spacial score (nSPS) is 16.1. The van der Waals surface area contributed by atoms with Gasteiger partial charge < -0.3 is 14.2 Å². The fraction of sp³-hybridized carbons (Fsp3) is 0.273. The third-order valence-corrected chi connectivity index (χ3v) is 5.95. The van der Waals surface area contributed by atoms with Gasteiger partial charge in [-0.1, -0.05) is 41.4 Å². The first-order valence-corrected chi connectivity index (χ1v) is 10.2. The molecule has 0 fully saturated rings. The minimum Gasteiger partial charge on any atom is -0.450 e. The summed E-state index contributed by atoms with van der Waals surface area (Å²) in [5, 5.41) is 1.27. The number of amides is 1. The Kier molecular flexibility index (Phi) is 5.38. The Morgan fingerprint density at radius 1 is 1.07 bits per heavy atom. The van der Waals surface area contributed by atoms with Crippen molar-refractivity contribution >= 4 is 40.1 Å². The summed E-state index contributed by atoms with van der Waals surface area (Å²) < 4.78 is 5.91. The van der Waals surface area contributed by atoms with Gasteiger partial charge in [0.05, 0.1) is 47.7 Å². The second-order valence-electron chi connectivity index (χ2n) is 7.56. The number of rotatable bonds is 5. The lowest BCUT2D eigenvalue weighted by molar-refractivity contribution is -0.858. The molecule has 0 saturated heterocycles. The molecule has 1 amide bonds. The average Bonchev–Trinajstić information content (AvgIpc) is 2.96. The standard InChI is InChI=1S/C22H20Cl2N2O3/c1-25(2)10-5-11-26-19(13-8-9-15(23)16(24)12-13)18-20(27)14-6-3-4-7-17(14)29-21(18)22(26)28/h3-4,6-9,12,19H,5,10-11H2,1-2H3/p+1/t19-/m1/s1. The molecule has 7 heteroatoms. The molecule has 0 bridgehead atoms. The van der Waals surface area contributed by atoms with Crippen LogP contribution in [0.2, 0.25) is 10.0 Å². The highest BCUT2D eigenvalue weighted by atomic mass is 35.5. The van der Waals surface area contributed by atoms with Gasteiger partial charge in [0.1, 0.15) is 5.58 Å². The number of quaternary nitrogens is 1. The molecule has 0 unspecified atom stereocenters. The zero-order valence-electron chi connectivity index (χ0n) is 16.2. The number of carbonyl (C=O) groups excluding carboxylic acids is 1. The number of halogens is 2. The van der Waals surface area contributed by atoms with Crippen molar-refractivity contribution in [2.45, 2.75) is 12.5 Å². The predicted octanol–water partition coefficient (Wildman–Crippen LogP) is 3.18. The summed E-state index contributed by atoms with van der Waals surface area (Å²) in [6, 6.07) is 11.7. The zero-order chi connectivity index (χ0) is 20.7. The molecule has 29 heavy (non-hydrogen) atoms. The van der Waals surface area contributed by atoms with E-state index in [1.165, 1.54) is 4.90 Å². The number of benzene rings is 2. The van der Waals surface area contributed by atoms with Crippen LogP contribution in [0.5, 0.6) is 0 Å². The number of carbonyl (C=O) groups is 1. The maximum absolute atomic E-state index is 13.3. The second-order valence-corrected chi connectivity index (χ2v) is 8.37. The van der Waals surface area contributed by atoms with Gasteiger partial charge in [-0.3, -0.25) is 9.59 Å². The molecule has 0 spiro atoms. The van der Waals surface area contributed by atoms with Crippen LogP contribution in [-0.4, -0.2) is 38.0 Å². The van der Waals surface area contributed by atoms with Gasteiger partial charge in [-0.05, 0) is 29.8 Å². The minimum absolute atomic E-state index is 0.113. The Bertz CT molecular complexity index is 1160. The van der Waals surface area contributed by atoms with Crippen LogP contribution in [0, 0.1) is 0 Å². The van der Waals surface area contributed by atoms with Crippen molar-refractivity contribution in [3.05, 3.63) is 79.6 Å². The lowest BCUT2D eigenvalue weighted by atomic mass is 9.98. The largest absolute Gasteiger partial charge is 0.450 e. The van der Waals surface area contributed by atoms with Crippen LogP contribution >= 0.6 is 23.2 Å². The quantitative estimate of drug-likeness (QED) is 0.674. The Morgan fingerprint density at radius 3 is 2.55 bits per heavy atom. The SMILES string of the molecule is C[NH+](C)CCCN1C(=O)c2oc3ccccc3c(=O)c2[C@H]1c1ccc(Cl)c(Cl)c1. The molecule has 3 aromatic rings. The Hall–Kier alpha value is -2.34. The van der Waals surface area contributed by atoms with Gasteiger partial charge in [0.2, 0.25) is 5.76 Å². The molecule has 5 nitrogen and oxygen atoms in total. The van der Waals surface area contributed by atoms with Gasteiger partial charge in [-0.25, -0.2) is 0 Å². The second kappa shape index (κ2) is 7.82. The highest BCUT2D eigenvalue weighted by Crippen LogP contribution is 2.39. The average molecular weight is 432 g/mol. The van der Waals surface area contributed by atoms with E-state index in [1.54, 1.807) is 47.4 Å². The molecule has 1 N–H and O–H groups in total. The first kappa shape index (κ1) is 20.0. The van der Waals surface area contributed by atoms with E-state index in [1.807, 2.05) is 0 Å². The van der Waals surface area contributed by atoms with E-state index in [2.05, 4.69) is 14.1 Å².